The molecular weight excluding hydrogens is 346 g/mol. The van der Waals surface area contributed by atoms with E-state index in [4.69, 9.17) is 4.74 Å². The van der Waals surface area contributed by atoms with Gasteiger partial charge < -0.3 is 4.74 Å². The minimum Gasteiger partial charge on any atom is -0.379 e. The van der Waals surface area contributed by atoms with Crippen LogP contribution in [0.5, 0.6) is 0 Å². The van der Waals surface area contributed by atoms with Gasteiger partial charge in [-0.3, -0.25) is 9.88 Å². The predicted octanol–water partition coefficient (Wildman–Crippen LogP) is 0.845. The molecule has 8 heteroatoms. The third-order valence-corrected chi connectivity index (χ3v) is 4.90. The third-order valence-electron chi connectivity index (χ3n) is 3.04. The number of halogens is 1. The Labute approximate surface area is 127 Å². The van der Waals surface area contributed by atoms with Gasteiger partial charge in [0.25, 0.3) is 0 Å². The summed E-state index contributed by atoms with van der Waals surface area (Å²) >= 11 is 3.22. The number of hydrogen-bond donors (Lipinski definition) is 1. The van der Waals surface area contributed by atoms with Crippen molar-refractivity contribution in [3.8, 4) is 0 Å². The van der Waals surface area contributed by atoms with Crippen molar-refractivity contribution in [2.75, 3.05) is 39.4 Å². The minimum absolute atomic E-state index is 0.179. The highest BCUT2D eigenvalue weighted by molar-refractivity contribution is 9.10. The summed E-state index contributed by atoms with van der Waals surface area (Å²) in [6.45, 7) is 4.66. The molecule has 0 atom stereocenters. The number of morpholine rings is 1. The number of nitrogens with one attached hydrogen (secondary N) is 1. The van der Waals surface area contributed by atoms with Crippen LogP contribution < -0.4 is 4.72 Å². The van der Waals surface area contributed by atoms with Gasteiger partial charge in [0.05, 0.1) is 13.2 Å². The van der Waals surface area contributed by atoms with Crippen LogP contribution in [0.25, 0.3) is 0 Å². The van der Waals surface area contributed by atoms with Crippen LogP contribution in [0.3, 0.4) is 0 Å². The van der Waals surface area contributed by atoms with Crippen molar-refractivity contribution in [1.29, 1.82) is 0 Å². The SMILES string of the molecule is O=S(=O)(NCCCN1CCOCC1)c1cncc(Br)c1. The van der Waals surface area contributed by atoms with E-state index < -0.39 is 10.0 Å². The van der Waals surface area contributed by atoms with Gasteiger partial charge in [-0.1, -0.05) is 0 Å². The molecular formula is C12H18BrN3O3S. The molecule has 2 heterocycles. The fourth-order valence-corrected chi connectivity index (χ4v) is 3.53. The first-order valence-electron chi connectivity index (χ1n) is 6.48. The van der Waals surface area contributed by atoms with Gasteiger partial charge in [-0.15, -0.1) is 0 Å². The van der Waals surface area contributed by atoms with E-state index in [0.717, 1.165) is 39.3 Å². The van der Waals surface area contributed by atoms with Crippen LogP contribution in [0.4, 0.5) is 0 Å². The van der Waals surface area contributed by atoms with Gasteiger partial charge in [0, 0.05) is 36.5 Å². The molecule has 0 unspecified atom stereocenters. The zero-order valence-electron chi connectivity index (χ0n) is 11.1. The van der Waals surface area contributed by atoms with Gasteiger partial charge >= 0.3 is 0 Å². The molecule has 0 bridgehead atoms. The van der Waals surface area contributed by atoms with Crippen LogP contribution >= 0.6 is 15.9 Å². The maximum absolute atomic E-state index is 12.0. The van der Waals surface area contributed by atoms with Crippen molar-refractivity contribution in [2.45, 2.75) is 11.3 Å². The lowest BCUT2D eigenvalue weighted by atomic mass is 10.3. The molecule has 1 saturated heterocycles. The average molecular weight is 364 g/mol. The molecule has 1 fully saturated rings. The summed E-state index contributed by atoms with van der Waals surface area (Å²) < 4.78 is 32.6. The molecule has 2 rings (SSSR count). The maximum atomic E-state index is 12.0. The van der Waals surface area contributed by atoms with Crippen molar-refractivity contribution in [1.82, 2.24) is 14.6 Å². The topological polar surface area (TPSA) is 71.5 Å². The summed E-state index contributed by atoms with van der Waals surface area (Å²) in [7, 11) is -3.47. The first kappa shape index (κ1) is 15.8. The van der Waals surface area contributed by atoms with E-state index >= 15 is 0 Å². The monoisotopic (exact) mass is 363 g/mol. The van der Waals surface area contributed by atoms with Crippen LogP contribution in [0.2, 0.25) is 0 Å². The molecule has 6 nitrogen and oxygen atoms in total. The Morgan fingerprint density at radius 2 is 2.10 bits per heavy atom. The molecule has 112 valence electrons. The first-order valence-corrected chi connectivity index (χ1v) is 8.76. The van der Waals surface area contributed by atoms with Crippen LogP contribution in [0.1, 0.15) is 6.42 Å². The second-order valence-electron chi connectivity index (χ2n) is 4.54. The van der Waals surface area contributed by atoms with Crippen LogP contribution in [-0.4, -0.2) is 57.7 Å². The minimum atomic E-state index is -3.47. The number of rotatable bonds is 6. The molecule has 0 aliphatic carbocycles. The summed E-state index contributed by atoms with van der Waals surface area (Å²) in [5, 5.41) is 0. The van der Waals surface area contributed by atoms with E-state index in [0.29, 0.717) is 11.0 Å². The van der Waals surface area contributed by atoms with Gasteiger partial charge in [0.2, 0.25) is 10.0 Å². The molecule has 1 aromatic heterocycles. The Bertz CT molecular complexity index is 533. The maximum Gasteiger partial charge on any atom is 0.242 e. The standard InChI is InChI=1S/C12H18BrN3O3S/c13-11-8-12(10-14-9-11)20(17,18)15-2-1-3-16-4-6-19-7-5-16/h8-10,15H,1-7H2. The average Bonchev–Trinajstić information content (AvgIpc) is 2.45. The molecule has 1 N–H and O–H groups in total. The normalized spacial score (nSPS) is 17.2. The summed E-state index contributed by atoms with van der Waals surface area (Å²) in [5.74, 6) is 0. The van der Waals surface area contributed by atoms with E-state index in [1.54, 1.807) is 6.20 Å². The summed E-state index contributed by atoms with van der Waals surface area (Å²) in [4.78, 5) is 6.32. The first-order chi connectivity index (χ1) is 9.58. The number of aromatic nitrogens is 1. The van der Waals surface area contributed by atoms with Crippen LogP contribution in [0.15, 0.2) is 27.8 Å². The Morgan fingerprint density at radius 3 is 2.80 bits per heavy atom. The second kappa shape index (κ2) is 7.46. The van der Waals surface area contributed by atoms with Crippen LogP contribution in [0, 0.1) is 0 Å². The fraction of sp³-hybridized carbons (Fsp3) is 0.583. The lowest BCUT2D eigenvalue weighted by Crippen LogP contribution is -2.38. The molecule has 1 aromatic rings. The molecule has 1 aliphatic rings. The smallest absolute Gasteiger partial charge is 0.242 e. The Morgan fingerprint density at radius 1 is 1.35 bits per heavy atom. The lowest BCUT2D eigenvalue weighted by molar-refractivity contribution is 0.0376. The lowest BCUT2D eigenvalue weighted by Gasteiger charge is -2.26. The molecule has 1 aliphatic heterocycles. The van der Waals surface area contributed by atoms with Crippen molar-refractivity contribution in [3.05, 3.63) is 22.9 Å². The molecule has 0 aromatic carbocycles. The van der Waals surface area contributed by atoms with Gasteiger partial charge in [-0.25, -0.2) is 13.1 Å². The second-order valence-corrected chi connectivity index (χ2v) is 7.23. The quantitative estimate of drug-likeness (QED) is 0.758. The molecule has 0 radical (unpaired) electrons. The molecule has 0 amide bonds. The van der Waals surface area contributed by atoms with E-state index in [1.807, 2.05) is 0 Å². The number of pyridine rings is 1. The van der Waals surface area contributed by atoms with E-state index in [9.17, 15) is 8.42 Å². The molecule has 0 spiro atoms. The Hall–Kier alpha value is -0.540. The summed E-state index contributed by atoms with van der Waals surface area (Å²) in [6.07, 6.45) is 3.67. The molecule has 0 saturated carbocycles. The van der Waals surface area contributed by atoms with Crippen LogP contribution in [-0.2, 0) is 14.8 Å². The zero-order chi connectivity index (χ0) is 14.4. The van der Waals surface area contributed by atoms with E-state index in [2.05, 4.69) is 30.5 Å². The van der Waals surface area contributed by atoms with Gasteiger partial charge in [0.15, 0.2) is 0 Å². The van der Waals surface area contributed by atoms with Crippen molar-refractivity contribution < 1.29 is 13.2 Å². The summed E-state index contributed by atoms with van der Waals surface area (Å²) in [6, 6.07) is 1.54. The number of ether oxygens (including phenoxy) is 1. The zero-order valence-corrected chi connectivity index (χ0v) is 13.5. The van der Waals surface area contributed by atoms with Gasteiger partial charge in [0.1, 0.15) is 4.90 Å². The van der Waals surface area contributed by atoms with Crippen molar-refractivity contribution in [2.24, 2.45) is 0 Å². The fourth-order valence-electron chi connectivity index (χ4n) is 1.96. The highest BCUT2D eigenvalue weighted by Gasteiger charge is 2.15. The largest absolute Gasteiger partial charge is 0.379 e. The Kier molecular flexibility index (Phi) is 5.91. The van der Waals surface area contributed by atoms with Gasteiger partial charge in [-0.2, -0.15) is 0 Å². The van der Waals surface area contributed by atoms with E-state index in [1.165, 1.54) is 12.3 Å². The molecule has 20 heavy (non-hydrogen) atoms. The van der Waals surface area contributed by atoms with E-state index in [-0.39, 0.29) is 4.90 Å². The number of hydrogen-bond acceptors (Lipinski definition) is 5. The number of nitrogens with zero attached hydrogens (tertiary/aromatic N) is 2. The highest BCUT2D eigenvalue weighted by Crippen LogP contribution is 2.13. The van der Waals surface area contributed by atoms with Gasteiger partial charge in [-0.05, 0) is 35.0 Å². The summed E-state index contributed by atoms with van der Waals surface area (Å²) in [5.41, 5.74) is 0. The predicted molar refractivity (Wildman–Crippen MR) is 79.0 cm³/mol. The highest BCUT2D eigenvalue weighted by atomic mass is 79.9. The Balaban J connectivity index is 1.78. The number of sulfonamides is 1. The van der Waals surface area contributed by atoms with Crippen molar-refractivity contribution >= 4 is 26.0 Å². The third kappa shape index (κ3) is 4.78. The van der Waals surface area contributed by atoms with Crippen molar-refractivity contribution in [3.63, 3.8) is 0 Å².